The molecular weight excluding hydrogens is 186 g/mol. The van der Waals surface area contributed by atoms with E-state index in [0.29, 0.717) is 17.9 Å². The minimum atomic E-state index is 0.341. The molecule has 0 spiro atoms. The zero-order valence-corrected chi connectivity index (χ0v) is 11.0. The molecule has 1 atom stereocenters. The lowest BCUT2D eigenvalue weighted by Gasteiger charge is -2.19. The summed E-state index contributed by atoms with van der Waals surface area (Å²) in [6.45, 7) is 11.5. The zero-order valence-electron chi connectivity index (χ0n) is 11.0. The number of aliphatic hydroxyl groups excluding tert-OH is 1. The van der Waals surface area contributed by atoms with Crippen molar-refractivity contribution >= 4 is 0 Å². The Morgan fingerprint density at radius 2 is 1.87 bits per heavy atom. The highest BCUT2D eigenvalue weighted by Gasteiger charge is 2.09. The lowest BCUT2D eigenvalue weighted by Crippen LogP contribution is -2.27. The molecule has 2 nitrogen and oxygen atoms in total. The van der Waals surface area contributed by atoms with E-state index in [9.17, 15) is 0 Å². The second-order valence-electron chi connectivity index (χ2n) is 5.67. The van der Waals surface area contributed by atoms with Gasteiger partial charge in [0.1, 0.15) is 0 Å². The Labute approximate surface area is 95.5 Å². The van der Waals surface area contributed by atoms with Crippen molar-refractivity contribution in [2.45, 2.75) is 53.4 Å². The largest absolute Gasteiger partial charge is 0.396 e. The van der Waals surface area contributed by atoms with Crippen LogP contribution in [0.15, 0.2) is 0 Å². The van der Waals surface area contributed by atoms with E-state index in [2.05, 4.69) is 33.0 Å². The average Bonchev–Trinajstić information content (AvgIpc) is 2.14. The first kappa shape index (κ1) is 14.9. The van der Waals surface area contributed by atoms with Crippen LogP contribution in [-0.2, 0) is 0 Å². The fraction of sp³-hybridized carbons (Fsp3) is 1.00. The highest BCUT2D eigenvalue weighted by molar-refractivity contribution is 4.65. The third-order valence-corrected chi connectivity index (χ3v) is 2.74. The van der Waals surface area contributed by atoms with Gasteiger partial charge in [0.05, 0.1) is 0 Å². The Morgan fingerprint density at radius 1 is 1.20 bits per heavy atom. The van der Waals surface area contributed by atoms with Gasteiger partial charge in [-0.1, -0.05) is 34.1 Å². The number of rotatable bonds is 8. The Hall–Kier alpha value is -0.0800. The SMILES string of the molecule is CC[C@H](CCO)CCCNCC(C)(C)C. The summed E-state index contributed by atoms with van der Waals surface area (Å²) < 4.78 is 0. The normalized spacial score (nSPS) is 14.2. The number of hydrogen-bond donors (Lipinski definition) is 2. The van der Waals surface area contributed by atoms with Gasteiger partial charge in [-0.2, -0.15) is 0 Å². The van der Waals surface area contributed by atoms with Crippen LogP contribution in [0, 0.1) is 11.3 Å². The Bertz CT molecular complexity index is 140. The minimum absolute atomic E-state index is 0.341. The molecule has 0 saturated heterocycles. The van der Waals surface area contributed by atoms with Crippen LogP contribution in [0.2, 0.25) is 0 Å². The molecule has 15 heavy (non-hydrogen) atoms. The second kappa shape index (κ2) is 8.12. The van der Waals surface area contributed by atoms with E-state index in [0.717, 1.165) is 19.5 Å². The number of hydrogen-bond acceptors (Lipinski definition) is 2. The third-order valence-electron chi connectivity index (χ3n) is 2.74. The van der Waals surface area contributed by atoms with Gasteiger partial charge in [-0.25, -0.2) is 0 Å². The van der Waals surface area contributed by atoms with Crippen LogP contribution in [0.5, 0.6) is 0 Å². The maximum Gasteiger partial charge on any atom is 0.0433 e. The van der Waals surface area contributed by atoms with Crippen LogP contribution in [0.4, 0.5) is 0 Å². The molecule has 0 unspecified atom stereocenters. The van der Waals surface area contributed by atoms with Crippen molar-refractivity contribution in [3.05, 3.63) is 0 Å². The van der Waals surface area contributed by atoms with E-state index in [-0.39, 0.29) is 0 Å². The summed E-state index contributed by atoms with van der Waals surface area (Å²) in [5, 5.41) is 12.3. The van der Waals surface area contributed by atoms with Gasteiger partial charge in [-0.3, -0.25) is 0 Å². The van der Waals surface area contributed by atoms with E-state index >= 15 is 0 Å². The molecule has 0 amide bonds. The standard InChI is InChI=1S/C13H29NO/c1-5-12(8-10-15)7-6-9-14-11-13(2,3)4/h12,14-15H,5-11H2,1-4H3/t12-/m0/s1. The fourth-order valence-corrected chi connectivity index (χ4v) is 1.71. The Morgan fingerprint density at radius 3 is 2.33 bits per heavy atom. The smallest absolute Gasteiger partial charge is 0.0433 e. The van der Waals surface area contributed by atoms with Crippen LogP contribution >= 0.6 is 0 Å². The molecule has 0 aromatic rings. The summed E-state index contributed by atoms with van der Waals surface area (Å²) in [6, 6.07) is 0. The molecule has 0 saturated carbocycles. The lowest BCUT2D eigenvalue weighted by molar-refractivity contribution is 0.247. The monoisotopic (exact) mass is 215 g/mol. The summed E-state index contributed by atoms with van der Waals surface area (Å²) in [5.41, 5.74) is 0.384. The molecule has 0 aliphatic heterocycles. The molecular formula is C13H29NO. The molecule has 0 bridgehead atoms. The van der Waals surface area contributed by atoms with Crippen LogP contribution in [0.3, 0.4) is 0 Å². The molecule has 0 aromatic heterocycles. The van der Waals surface area contributed by atoms with E-state index in [4.69, 9.17) is 5.11 Å². The van der Waals surface area contributed by atoms with Crippen molar-refractivity contribution in [2.24, 2.45) is 11.3 Å². The summed E-state index contributed by atoms with van der Waals surface area (Å²) in [7, 11) is 0. The molecule has 0 rings (SSSR count). The maximum atomic E-state index is 8.86. The maximum absolute atomic E-state index is 8.86. The van der Waals surface area contributed by atoms with Crippen molar-refractivity contribution in [3.63, 3.8) is 0 Å². The summed E-state index contributed by atoms with van der Waals surface area (Å²) in [5.74, 6) is 0.714. The molecule has 2 N–H and O–H groups in total. The van der Waals surface area contributed by atoms with E-state index in [1.165, 1.54) is 19.3 Å². The second-order valence-corrected chi connectivity index (χ2v) is 5.67. The van der Waals surface area contributed by atoms with E-state index in [1.54, 1.807) is 0 Å². The minimum Gasteiger partial charge on any atom is -0.396 e. The van der Waals surface area contributed by atoms with Crippen molar-refractivity contribution in [3.8, 4) is 0 Å². The number of nitrogens with one attached hydrogen (secondary N) is 1. The highest BCUT2D eigenvalue weighted by Crippen LogP contribution is 2.14. The quantitative estimate of drug-likeness (QED) is 0.610. The summed E-state index contributed by atoms with van der Waals surface area (Å²) in [6.07, 6.45) is 4.64. The van der Waals surface area contributed by atoms with Gasteiger partial charge in [0.2, 0.25) is 0 Å². The van der Waals surface area contributed by atoms with Gasteiger partial charge in [-0.15, -0.1) is 0 Å². The average molecular weight is 215 g/mol. The van der Waals surface area contributed by atoms with Gasteiger partial charge in [0.15, 0.2) is 0 Å². The highest BCUT2D eigenvalue weighted by atomic mass is 16.3. The molecule has 0 heterocycles. The summed E-state index contributed by atoms with van der Waals surface area (Å²) in [4.78, 5) is 0. The lowest BCUT2D eigenvalue weighted by atomic mass is 9.96. The fourth-order valence-electron chi connectivity index (χ4n) is 1.71. The van der Waals surface area contributed by atoms with E-state index < -0.39 is 0 Å². The van der Waals surface area contributed by atoms with Crippen LogP contribution in [0.1, 0.15) is 53.4 Å². The van der Waals surface area contributed by atoms with Gasteiger partial charge >= 0.3 is 0 Å². The number of aliphatic hydroxyl groups is 1. The van der Waals surface area contributed by atoms with Crippen LogP contribution in [-0.4, -0.2) is 24.8 Å². The van der Waals surface area contributed by atoms with Crippen molar-refractivity contribution < 1.29 is 5.11 Å². The molecule has 0 aliphatic carbocycles. The molecule has 0 aromatic carbocycles. The first-order valence-corrected chi connectivity index (χ1v) is 6.31. The molecule has 0 fully saturated rings. The third kappa shape index (κ3) is 10.2. The Kier molecular flexibility index (Phi) is 8.07. The van der Waals surface area contributed by atoms with Gasteiger partial charge in [0.25, 0.3) is 0 Å². The zero-order chi connectivity index (χ0) is 11.7. The van der Waals surface area contributed by atoms with Crippen LogP contribution in [0.25, 0.3) is 0 Å². The van der Waals surface area contributed by atoms with Gasteiger partial charge in [-0.05, 0) is 43.7 Å². The van der Waals surface area contributed by atoms with Crippen molar-refractivity contribution in [1.29, 1.82) is 0 Å². The molecule has 92 valence electrons. The predicted molar refractivity (Wildman–Crippen MR) is 67.0 cm³/mol. The molecule has 0 radical (unpaired) electrons. The van der Waals surface area contributed by atoms with E-state index in [1.807, 2.05) is 0 Å². The first-order valence-electron chi connectivity index (χ1n) is 6.31. The molecule has 0 aliphatic rings. The molecule has 2 heteroatoms. The van der Waals surface area contributed by atoms with Gasteiger partial charge in [0, 0.05) is 6.61 Å². The first-order chi connectivity index (χ1) is 6.99. The Balaban J connectivity index is 3.36. The van der Waals surface area contributed by atoms with Gasteiger partial charge < -0.3 is 10.4 Å². The van der Waals surface area contributed by atoms with Crippen molar-refractivity contribution in [1.82, 2.24) is 5.32 Å². The van der Waals surface area contributed by atoms with Crippen molar-refractivity contribution in [2.75, 3.05) is 19.7 Å². The summed E-state index contributed by atoms with van der Waals surface area (Å²) >= 11 is 0. The van der Waals surface area contributed by atoms with Crippen LogP contribution < -0.4 is 5.32 Å². The topological polar surface area (TPSA) is 32.3 Å². The predicted octanol–water partition coefficient (Wildman–Crippen LogP) is 2.81.